The summed E-state index contributed by atoms with van der Waals surface area (Å²) in [5, 5.41) is 11.5. The fraction of sp³-hybridized carbons (Fsp3) is 0.0500. The van der Waals surface area contributed by atoms with Crippen LogP contribution in [0.5, 0.6) is 5.75 Å². The molecule has 1 aliphatic rings. The number of halogens is 2. The van der Waals surface area contributed by atoms with E-state index in [0.717, 1.165) is 20.8 Å². The van der Waals surface area contributed by atoms with Crippen molar-refractivity contribution in [3.8, 4) is 11.8 Å². The maximum Gasteiger partial charge on any atom is 0.205 e. The number of nitrogens with zero attached hydrogens (tertiary/aromatic N) is 1. The Balaban J connectivity index is 2.05. The lowest BCUT2D eigenvalue weighted by molar-refractivity contribution is 0.397. The average molecular weight is 395 g/mol. The lowest BCUT2D eigenvalue weighted by atomic mass is 9.82. The smallest absolute Gasteiger partial charge is 0.205 e. The number of nitriles is 1. The van der Waals surface area contributed by atoms with Crippen molar-refractivity contribution in [2.45, 2.75) is 5.92 Å². The highest BCUT2D eigenvalue weighted by Gasteiger charge is 2.33. The van der Waals surface area contributed by atoms with Gasteiger partial charge in [0.2, 0.25) is 5.88 Å². The van der Waals surface area contributed by atoms with E-state index in [2.05, 4.69) is 22.0 Å². The minimum atomic E-state index is -0.615. The summed E-state index contributed by atoms with van der Waals surface area (Å²) >= 11 is 3.37. The number of allylic oxidation sites excluding steroid dienone is 1. The molecule has 3 aromatic rings. The lowest BCUT2D eigenvalue weighted by Crippen LogP contribution is -2.21. The summed E-state index contributed by atoms with van der Waals surface area (Å²) in [7, 11) is 0. The summed E-state index contributed by atoms with van der Waals surface area (Å²) in [6.07, 6.45) is 0. The van der Waals surface area contributed by atoms with Crippen molar-refractivity contribution in [2.24, 2.45) is 5.73 Å². The summed E-state index contributed by atoms with van der Waals surface area (Å²) in [5.41, 5.74) is 7.33. The molecule has 0 saturated carbocycles. The second kappa shape index (κ2) is 5.91. The minimum Gasteiger partial charge on any atom is -0.440 e. The highest BCUT2D eigenvalue weighted by molar-refractivity contribution is 9.10. The molecule has 122 valence electrons. The van der Waals surface area contributed by atoms with Crippen molar-refractivity contribution in [3.05, 3.63) is 87.5 Å². The van der Waals surface area contributed by atoms with Crippen molar-refractivity contribution in [2.75, 3.05) is 0 Å². The molecular formula is C20H12BrFN2O. The van der Waals surface area contributed by atoms with Crippen LogP contribution in [0.2, 0.25) is 0 Å². The van der Waals surface area contributed by atoms with E-state index in [9.17, 15) is 9.65 Å². The third-order valence-electron chi connectivity index (χ3n) is 4.38. The first-order valence-corrected chi connectivity index (χ1v) is 8.43. The molecule has 4 rings (SSSR count). The Morgan fingerprint density at radius 1 is 1.08 bits per heavy atom. The van der Waals surface area contributed by atoms with Gasteiger partial charge in [-0.3, -0.25) is 0 Å². The van der Waals surface area contributed by atoms with Crippen molar-refractivity contribution in [1.82, 2.24) is 0 Å². The molecule has 1 heterocycles. The van der Waals surface area contributed by atoms with Crippen LogP contribution in [0, 0.1) is 17.1 Å². The van der Waals surface area contributed by atoms with E-state index in [1.807, 2.05) is 36.4 Å². The molecule has 0 radical (unpaired) electrons. The molecule has 0 spiro atoms. The Kier molecular flexibility index (Phi) is 3.70. The number of hydrogen-bond donors (Lipinski definition) is 1. The van der Waals surface area contributed by atoms with Gasteiger partial charge in [-0.15, -0.1) is 0 Å². The van der Waals surface area contributed by atoms with Crippen molar-refractivity contribution < 1.29 is 9.13 Å². The number of rotatable bonds is 1. The molecular weight excluding hydrogens is 383 g/mol. The molecule has 0 aliphatic carbocycles. The van der Waals surface area contributed by atoms with Gasteiger partial charge in [-0.05, 0) is 23.6 Å². The van der Waals surface area contributed by atoms with Gasteiger partial charge in [0.15, 0.2) is 0 Å². The zero-order valence-corrected chi connectivity index (χ0v) is 14.5. The van der Waals surface area contributed by atoms with Gasteiger partial charge in [-0.2, -0.15) is 5.26 Å². The Morgan fingerprint density at radius 2 is 1.88 bits per heavy atom. The van der Waals surface area contributed by atoms with Gasteiger partial charge in [0.05, 0.1) is 5.92 Å². The Labute approximate surface area is 152 Å². The summed E-state index contributed by atoms with van der Waals surface area (Å²) in [6.45, 7) is 0. The van der Waals surface area contributed by atoms with Gasteiger partial charge in [-0.1, -0.05) is 52.3 Å². The molecule has 0 aromatic heterocycles. The summed E-state index contributed by atoms with van der Waals surface area (Å²) in [5.74, 6) is -0.430. The number of nitrogens with two attached hydrogens (primary N) is 1. The summed E-state index contributed by atoms with van der Waals surface area (Å²) < 4.78 is 21.1. The molecule has 5 heteroatoms. The molecule has 1 atom stereocenters. The predicted molar refractivity (Wildman–Crippen MR) is 97.3 cm³/mol. The van der Waals surface area contributed by atoms with Crippen molar-refractivity contribution in [1.29, 1.82) is 5.26 Å². The molecule has 25 heavy (non-hydrogen) atoms. The SMILES string of the molecule is N#CC1=C(N)Oc2c(ccc3ccccc23)[C@@H]1c1cc(Br)ccc1F. The van der Waals surface area contributed by atoms with Gasteiger partial charge >= 0.3 is 0 Å². The minimum absolute atomic E-state index is 0.00993. The van der Waals surface area contributed by atoms with E-state index in [1.165, 1.54) is 6.07 Å². The van der Waals surface area contributed by atoms with Gasteiger partial charge < -0.3 is 10.5 Å². The molecule has 0 saturated heterocycles. The first-order valence-electron chi connectivity index (χ1n) is 7.64. The number of benzene rings is 3. The quantitative estimate of drug-likeness (QED) is 0.634. The number of fused-ring (bicyclic) bond motifs is 3. The average Bonchev–Trinajstić information content (AvgIpc) is 2.62. The van der Waals surface area contributed by atoms with E-state index < -0.39 is 11.7 Å². The molecule has 3 nitrogen and oxygen atoms in total. The van der Waals surface area contributed by atoms with Crippen LogP contribution in [-0.2, 0) is 0 Å². The second-order valence-electron chi connectivity index (χ2n) is 5.80. The van der Waals surface area contributed by atoms with Crippen molar-refractivity contribution >= 4 is 26.7 Å². The van der Waals surface area contributed by atoms with Gasteiger partial charge in [0, 0.05) is 21.0 Å². The monoisotopic (exact) mass is 394 g/mol. The molecule has 0 bridgehead atoms. The van der Waals surface area contributed by atoms with Crippen LogP contribution in [0.25, 0.3) is 10.8 Å². The number of hydrogen-bond acceptors (Lipinski definition) is 3. The van der Waals surface area contributed by atoms with Gasteiger partial charge in [0.25, 0.3) is 0 Å². The molecule has 0 fully saturated rings. The standard InChI is InChI=1S/C20H12BrFN2O/c21-12-6-8-17(22)15(9-12)18-14-7-5-11-3-1-2-4-13(11)19(14)25-20(24)16(18)10-23/h1-9,18H,24H2/t18-/m1/s1. The third-order valence-corrected chi connectivity index (χ3v) is 4.87. The summed E-state index contributed by atoms with van der Waals surface area (Å²) in [6, 6.07) is 18.3. The maximum atomic E-state index is 14.6. The van der Waals surface area contributed by atoms with E-state index >= 15 is 0 Å². The van der Waals surface area contributed by atoms with Crippen LogP contribution < -0.4 is 10.5 Å². The second-order valence-corrected chi connectivity index (χ2v) is 6.71. The fourth-order valence-corrected chi connectivity index (χ4v) is 3.62. The Bertz CT molecular complexity index is 1080. The zero-order valence-electron chi connectivity index (χ0n) is 13.0. The van der Waals surface area contributed by atoms with Gasteiger partial charge in [0.1, 0.15) is 23.2 Å². The summed E-state index contributed by atoms with van der Waals surface area (Å²) in [4.78, 5) is 0. The van der Waals surface area contributed by atoms with Crippen LogP contribution in [0.15, 0.2) is 70.5 Å². The molecule has 2 N–H and O–H groups in total. The Hall–Kier alpha value is -2.84. The first-order chi connectivity index (χ1) is 12.1. The molecule has 3 aromatic carbocycles. The first kappa shape index (κ1) is 15.7. The van der Waals surface area contributed by atoms with Crippen LogP contribution >= 0.6 is 15.9 Å². The highest BCUT2D eigenvalue weighted by atomic mass is 79.9. The topological polar surface area (TPSA) is 59.0 Å². The van der Waals surface area contributed by atoms with E-state index in [-0.39, 0.29) is 11.5 Å². The zero-order chi connectivity index (χ0) is 17.6. The van der Waals surface area contributed by atoms with Crippen LogP contribution in [-0.4, -0.2) is 0 Å². The number of ether oxygens (including phenoxy) is 1. The molecule has 1 aliphatic heterocycles. The normalized spacial score (nSPS) is 16.3. The predicted octanol–water partition coefficient (Wildman–Crippen LogP) is 4.96. The van der Waals surface area contributed by atoms with Crippen LogP contribution in [0.1, 0.15) is 17.0 Å². The molecule has 0 unspecified atom stereocenters. The largest absolute Gasteiger partial charge is 0.440 e. The van der Waals surface area contributed by atoms with E-state index in [4.69, 9.17) is 10.5 Å². The van der Waals surface area contributed by atoms with Crippen LogP contribution in [0.4, 0.5) is 4.39 Å². The van der Waals surface area contributed by atoms with Crippen LogP contribution in [0.3, 0.4) is 0 Å². The maximum absolute atomic E-state index is 14.6. The van der Waals surface area contributed by atoms with Gasteiger partial charge in [-0.25, -0.2) is 4.39 Å². The van der Waals surface area contributed by atoms with E-state index in [1.54, 1.807) is 12.1 Å². The van der Waals surface area contributed by atoms with E-state index in [0.29, 0.717) is 11.3 Å². The third kappa shape index (κ3) is 2.46. The van der Waals surface area contributed by atoms with Crippen molar-refractivity contribution in [3.63, 3.8) is 0 Å². The fourth-order valence-electron chi connectivity index (χ4n) is 3.24. The molecule has 0 amide bonds. The Morgan fingerprint density at radius 3 is 2.68 bits per heavy atom. The lowest BCUT2D eigenvalue weighted by Gasteiger charge is -2.27. The highest BCUT2D eigenvalue weighted by Crippen LogP contribution is 2.46.